The van der Waals surface area contributed by atoms with Gasteiger partial charge < -0.3 is 10.6 Å². The molecule has 1 aliphatic carbocycles. The maximum atomic E-state index is 12.5. The predicted octanol–water partition coefficient (Wildman–Crippen LogP) is 5.31. The van der Waals surface area contributed by atoms with E-state index >= 15 is 0 Å². The Kier molecular flexibility index (Phi) is 6.17. The molecule has 0 heterocycles. The van der Waals surface area contributed by atoms with Crippen molar-refractivity contribution >= 4 is 40.7 Å². The molecule has 0 aliphatic heterocycles. The molecule has 0 atom stereocenters. The number of carbonyl (C=O) groups is 2. The van der Waals surface area contributed by atoms with Crippen molar-refractivity contribution in [2.75, 3.05) is 5.32 Å². The molecule has 26 heavy (non-hydrogen) atoms. The second-order valence-corrected chi connectivity index (χ2v) is 7.37. The Morgan fingerprint density at radius 3 is 2.23 bits per heavy atom. The summed E-state index contributed by atoms with van der Waals surface area (Å²) < 4.78 is 0. The smallest absolute Gasteiger partial charge is 0.255 e. The Bertz CT molecular complexity index is 797. The van der Waals surface area contributed by atoms with E-state index in [1.54, 1.807) is 42.5 Å². The number of anilines is 1. The average molecular weight is 391 g/mol. The van der Waals surface area contributed by atoms with Gasteiger partial charge in [0, 0.05) is 32.9 Å². The molecule has 0 bridgehead atoms. The molecule has 136 valence electrons. The van der Waals surface area contributed by atoms with E-state index in [0.717, 1.165) is 25.7 Å². The van der Waals surface area contributed by atoms with Gasteiger partial charge in [0.15, 0.2) is 0 Å². The summed E-state index contributed by atoms with van der Waals surface area (Å²) in [6, 6.07) is 11.8. The van der Waals surface area contributed by atoms with E-state index in [0.29, 0.717) is 26.9 Å². The molecule has 2 N–H and O–H groups in total. The topological polar surface area (TPSA) is 58.2 Å². The van der Waals surface area contributed by atoms with Crippen LogP contribution in [0.2, 0.25) is 10.0 Å². The molecule has 0 aromatic heterocycles. The third-order valence-corrected chi connectivity index (χ3v) is 4.88. The molecule has 0 spiro atoms. The van der Waals surface area contributed by atoms with Gasteiger partial charge in [-0.3, -0.25) is 9.59 Å². The van der Waals surface area contributed by atoms with E-state index in [1.165, 1.54) is 6.42 Å². The molecule has 1 fully saturated rings. The fraction of sp³-hybridized carbons (Fsp3) is 0.300. The first-order chi connectivity index (χ1) is 12.5. The maximum Gasteiger partial charge on any atom is 0.255 e. The van der Waals surface area contributed by atoms with Gasteiger partial charge in [-0.1, -0.05) is 48.5 Å². The van der Waals surface area contributed by atoms with Crippen molar-refractivity contribution in [2.45, 2.75) is 38.1 Å². The van der Waals surface area contributed by atoms with E-state index in [9.17, 15) is 9.59 Å². The lowest BCUT2D eigenvalue weighted by atomic mass is 9.95. The van der Waals surface area contributed by atoms with Crippen molar-refractivity contribution in [1.29, 1.82) is 0 Å². The predicted molar refractivity (Wildman–Crippen MR) is 105 cm³/mol. The van der Waals surface area contributed by atoms with E-state index in [4.69, 9.17) is 23.2 Å². The highest BCUT2D eigenvalue weighted by Gasteiger charge is 2.17. The molecule has 2 aromatic rings. The SMILES string of the molecule is O=C(Nc1cccc(C(=O)NC2CCCCC2)c1)c1cc(Cl)cc(Cl)c1. The fourth-order valence-corrected chi connectivity index (χ4v) is 3.67. The van der Waals surface area contributed by atoms with Crippen LogP contribution in [0.25, 0.3) is 0 Å². The summed E-state index contributed by atoms with van der Waals surface area (Å²) in [5.41, 5.74) is 1.43. The summed E-state index contributed by atoms with van der Waals surface area (Å²) in [6.07, 6.45) is 5.60. The molecule has 0 unspecified atom stereocenters. The van der Waals surface area contributed by atoms with Gasteiger partial charge in [-0.05, 0) is 49.2 Å². The summed E-state index contributed by atoms with van der Waals surface area (Å²) in [4.78, 5) is 24.8. The average Bonchev–Trinajstić information content (AvgIpc) is 2.62. The number of hydrogen-bond acceptors (Lipinski definition) is 2. The monoisotopic (exact) mass is 390 g/mol. The zero-order chi connectivity index (χ0) is 18.5. The third kappa shape index (κ3) is 4.99. The molecule has 1 aliphatic rings. The van der Waals surface area contributed by atoms with E-state index in [-0.39, 0.29) is 17.9 Å². The van der Waals surface area contributed by atoms with Gasteiger partial charge in [0.25, 0.3) is 11.8 Å². The molecular weight excluding hydrogens is 371 g/mol. The minimum atomic E-state index is -0.334. The van der Waals surface area contributed by atoms with Crippen LogP contribution < -0.4 is 10.6 Å². The highest BCUT2D eigenvalue weighted by atomic mass is 35.5. The Hall–Kier alpha value is -2.04. The van der Waals surface area contributed by atoms with E-state index in [2.05, 4.69) is 10.6 Å². The van der Waals surface area contributed by atoms with Crippen molar-refractivity contribution in [1.82, 2.24) is 5.32 Å². The third-order valence-electron chi connectivity index (χ3n) is 4.45. The number of rotatable bonds is 4. The lowest BCUT2D eigenvalue weighted by Gasteiger charge is -2.22. The lowest BCUT2D eigenvalue weighted by Crippen LogP contribution is -2.36. The van der Waals surface area contributed by atoms with Gasteiger partial charge in [-0.2, -0.15) is 0 Å². The van der Waals surface area contributed by atoms with Crippen LogP contribution >= 0.6 is 23.2 Å². The number of hydrogen-bond donors (Lipinski definition) is 2. The minimum Gasteiger partial charge on any atom is -0.349 e. The number of nitrogens with one attached hydrogen (secondary N) is 2. The first kappa shape index (κ1) is 18.7. The molecule has 6 heteroatoms. The van der Waals surface area contributed by atoms with Crippen LogP contribution in [0.1, 0.15) is 52.8 Å². The number of benzene rings is 2. The molecule has 0 saturated heterocycles. The number of halogens is 2. The Morgan fingerprint density at radius 2 is 1.54 bits per heavy atom. The standard InChI is InChI=1S/C20H20Cl2N2O2/c21-15-9-14(10-16(22)12-15)20(26)24-18-8-4-5-13(11-18)19(25)23-17-6-2-1-3-7-17/h4-5,8-12,17H,1-3,6-7H2,(H,23,25)(H,24,26). The largest absolute Gasteiger partial charge is 0.349 e. The van der Waals surface area contributed by atoms with Gasteiger partial charge in [-0.25, -0.2) is 0 Å². The van der Waals surface area contributed by atoms with Crippen molar-refractivity contribution in [2.24, 2.45) is 0 Å². The van der Waals surface area contributed by atoms with Crippen molar-refractivity contribution in [3.8, 4) is 0 Å². The van der Waals surface area contributed by atoms with Gasteiger partial charge in [0.2, 0.25) is 0 Å². The van der Waals surface area contributed by atoms with Crippen LogP contribution in [-0.2, 0) is 0 Å². The van der Waals surface area contributed by atoms with E-state index < -0.39 is 0 Å². The van der Waals surface area contributed by atoms with Crippen LogP contribution in [0.5, 0.6) is 0 Å². The highest BCUT2D eigenvalue weighted by Crippen LogP contribution is 2.21. The highest BCUT2D eigenvalue weighted by molar-refractivity contribution is 6.35. The minimum absolute atomic E-state index is 0.112. The summed E-state index contributed by atoms with van der Waals surface area (Å²) in [6.45, 7) is 0. The van der Waals surface area contributed by atoms with Gasteiger partial charge in [0.1, 0.15) is 0 Å². The zero-order valence-corrected chi connectivity index (χ0v) is 15.7. The second kappa shape index (κ2) is 8.56. The van der Waals surface area contributed by atoms with Crippen LogP contribution in [0, 0.1) is 0 Å². The van der Waals surface area contributed by atoms with Crippen LogP contribution in [-0.4, -0.2) is 17.9 Å². The Labute approximate surface area is 162 Å². The van der Waals surface area contributed by atoms with Crippen molar-refractivity contribution < 1.29 is 9.59 Å². The number of carbonyl (C=O) groups excluding carboxylic acids is 2. The molecule has 4 nitrogen and oxygen atoms in total. The molecule has 2 amide bonds. The van der Waals surface area contributed by atoms with Crippen molar-refractivity contribution in [3.05, 3.63) is 63.6 Å². The van der Waals surface area contributed by atoms with Crippen LogP contribution in [0.4, 0.5) is 5.69 Å². The second-order valence-electron chi connectivity index (χ2n) is 6.50. The summed E-state index contributed by atoms with van der Waals surface area (Å²) >= 11 is 11.9. The zero-order valence-electron chi connectivity index (χ0n) is 14.2. The van der Waals surface area contributed by atoms with Gasteiger partial charge in [-0.15, -0.1) is 0 Å². The van der Waals surface area contributed by atoms with Crippen LogP contribution in [0.3, 0.4) is 0 Å². The van der Waals surface area contributed by atoms with Gasteiger partial charge >= 0.3 is 0 Å². The fourth-order valence-electron chi connectivity index (χ4n) is 3.14. The summed E-state index contributed by atoms with van der Waals surface area (Å²) in [5.74, 6) is -0.446. The first-order valence-electron chi connectivity index (χ1n) is 8.69. The van der Waals surface area contributed by atoms with E-state index in [1.807, 2.05) is 0 Å². The first-order valence-corrected chi connectivity index (χ1v) is 9.45. The normalized spacial score (nSPS) is 14.7. The molecular formula is C20H20Cl2N2O2. The molecule has 0 radical (unpaired) electrons. The number of amides is 2. The molecule has 3 rings (SSSR count). The lowest BCUT2D eigenvalue weighted by molar-refractivity contribution is 0.0926. The summed E-state index contributed by atoms with van der Waals surface area (Å²) in [7, 11) is 0. The van der Waals surface area contributed by atoms with Crippen LogP contribution in [0.15, 0.2) is 42.5 Å². The van der Waals surface area contributed by atoms with Gasteiger partial charge in [0.05, 0.1) is 0 Å². The van der Waals surface area contributed by atoms with Crippen molar-refractivity contribution in [3.63, 3.8) is 0 Å². The molecule has 2 aromatic carbocycles. The quantitative estimate of drug-likeness (QED) is 0.742. The summed E-state index contributed by atoms with van der Waals surface area (Å²) in [5, 5.41) is 6.63. The molecule has 1 saturated carbocycles. The Morgan fingerprint density at radius 1 is 0.846 bits per heavy atom. The Balaban J connectivity index is 1.68. The maximum absolute atomic E-state index is 12.5.